The smallest absolute Gasteiger partial charge is 0.240 e. The summed E-state index contributed by atoms with van der Waals surface area (Å²) >= 11 is 0. The third kappa shape index (κ3) is 4.58. The fourth-order valence-corrected chi connectivity index (χ4v) is 3.18. The zero-order valence-electron chi connectivity index (χ0n) is 11.7. The highest BCUT2D eigenvalue weighted by Crippen LogP contribution is 2.16. The van der Waals surface area contributed by atoms with Crippen LogP contribution >= 0.6 is 0 Å². The van der Waals surface area contributed by atoms with E-state index >= 15 is 0 Å². The molecule has 0 radical (unpaired) electrons. The van der Waals surface area contributed by atoms with E-state index in [1.165, 1.54) is 14.0 Å². The zero-order chi connectivity index (χ0) is 14.7. The number of aliphatic hydroxyl groups is 1. The van der Waals surface area contributed by atoms with Crippen molar-refractivity contribution in [2.45, 2.75) is 31.3 Å². The van der Waals surface area contributed by atoms with Gasteiger partial charge in [-0.3, -0.25) is 0 Å². The van der Waals surface area contributed by atoms with Crippen molar-refractivity contribution in [3.8, 4) is 0 Å². The Hall–Kier alpha value is -0.950. The number of aryl methyl sites for hydroxylation is 2. The Morgan fingerprint density at radius 3 is 2.53 bits per heavy atom. The lowest BCUT2D eigenvalue weighted by Crippen LogP contribution is -2.43. The predicted octanol–water partition coefficient (Wildman–Crippen LogP) is 0.979. The molecule has 1 aromatic rings. The normalized spacial score (nSPS) is 15.2. The van der Waals surface area contributed by atoms with Crippen LogP contribution in [-0.2, 0) is 14.8 Å². The summed E-state index contributed by atoms with van der Waals surface area (Å²) in [6.45, 7) is 5.12. The second-order valence-corrected chi connectivity index (χ2v) is 6.76. The van der Waals surface area contributed by atoms with Gasteiger partial charge >= 0.3 is 0 Å². The highest BCUT2D eigenvalue weighted by Gasteiger charge is 2.24. The second kappa shape index (κ2) is 6.00. The summed E-state index contributed by atoms with van der Waals surface area (Å²) in [5.74, 6) is 0. The van der Waals surface area contributed by atoms with Crippen LogP contribution in [0, 0.1) is 13.8 Å². The van der Waals surface area contributed by atoms with Crippen molar-refractivity contribution in [1.29, 1.82) is 0 Å². The molecule has 1 rings (SSSR count). The first kappa shape index (κ1) is 16.1. The summed E-state index contributed by atoms with van der Waals surface area (Å²) in [5, 5.41) is 9.89. The molecule has 108 valence electrons. The number of methoxy groups -OCH3 is 1. The average Bonchev–Trinajstić information content (AvgIpc) is 2.26. The van der Waals surface area contributed by atoms with Gasteiger partial charge in [0.2, 0.25) is 10.0 Å². The lowest BCUT2D eigenvalue weighted by atomic mass is 10.1. The molecule has 0 saturated heterocycles. The van der Waals surface area contributed by atoms with Gasteiger partial charge in [0.15, 0.2) is 0 Å². The van der Waals surface area contributed by atoms with Gasteiger partial charge in [-0.1, -0.05) is 17.7 Å². The SMILES string of the molecule is COCC(C)(O)CNS(=O)(=O)c1ccc(C)cc1C. The van der Waals surface area contributed by atoms with Crippen LogP contribution in [0.2, 0.25) is 0 Å². The number of hydrogen-bond donors (Lipinski definition) is 2. The van der Waals surface area contributed by atoms with Crippen molar-refractivity contribution in [3.63, 3.8) is 0 Å². The highest BCUT2D eigenvalue weighted by atomic mass is 32.2. The molecule has 2 N–H and O–H groups in total. The standard InChI is InChI=1S/C13H21NO4S/c1-10-5-6-12(11(2)7-10)19(16,17)14-8-13(3,15)9-18-4/h5-7,14-15H,8-9H2,1-4H3. The third-order valence-corrected chi connectivity index (χ3v) is 4.28. The summed E-state index contributed by atoms with van der Waals surface area (Å²) in [7, 11) is -2.17. The van der Waals surface area contributed by atoms with E-state index < -0.39 is 15.6 Å². The summed E-state index contributed by atoms with van der Waals surface area (Å²) in [5.41, 5.74) is 0.446. The van der Waals surface area contributed by atoms with Crippen LogP contribution in [0.15, 0.2) is 23.1 Å². The third-order valence-electron chi connectivity index (χ3n) is 2.72. The maximum absolute atomic E-state index is 12.2. The van der Waals surface area contributed by atoms with Crippen LogP contribution in [0.25, 0.3) is 0 Å². The summed E-state index contributed by atoms with van der Waals surface area (Å²) in [4.78, 5) is 0.228. The minimum atomic E-state index is -3.62. The van der Waals surface area contributed by atoms with Crippen LogP contribution in [0.1, 0.15) is 18.1 Å². The van der Waals surface area contributed by atoms with E-state index in [-0.39, 0.29) is 18.0 Å². The first-order valence-electron chi connectivity index (χ1n) is 5.96. The van der Waals surface area contributed by atoms with Gasteiger partial charge in [0.05, 0.1) is 17.1 Å². The van der Waals surface area contributed by atoms with E-state index in [2.05, 4.69) is 4.72 Å². The maximum atomic E-state index is 12.2. The van der Waals surface area contributed by atoms with Crippen LogP contribution in [-0.4, -0.2) is 39.4 Å². The average molecular weight is 287 g/mol. The Morgan fingerprint density at radius 2 is 2.00 bits per heavy atom. The number of sulfonamides is 1. The molecule has 0 aliphatic heterocycles. The van der Waals surface area contributed by atoms with Gasteiger partial charge in [0.25, 0.3) is 0 Å². The quantitative estimate of drug-likeness (QED) is 0.818. The van der Waals surface area contributed by atoms with Crippen molar-refractivity contribution in [2.24, 2.45) is 0 Å². The molecule has 0 aliphatic carbocycles. The molecule has 0 amide bonds. The van der Waals surface area contributed by atoms with E-state index in [1.807, 2.05) is 13.0 Å². The molecule has 5 nitrogen and oxygen atoms in total. The molecule has 0 aliphatic rings. The van der Waals surface area contributed by atoms with Crippen LogP contribution < -0.4 is 4.72 Å². The van der Waals surface area contributed by atoms with Crippen molar-refractivity contribution < 1.29 is 18.3 Å². The van der Waals surface area contributed by atoms with E-state index in [1.54, 1.807) is 19.1 Å². The van der Waals surface area contributed by atoms with Gasteiger partial charge in [-0.25, -0.2) is 13.1 Å². The second-order valence-electron chi connectivity index (χ2n) is 5.02. The van der Waals surface area contributed by atoms with E-state index in [9.17, 15) is 13.5 Å². The molecule has 6 heteroatoms. The maximum Gasteiger partial charge on any atom is 0.240 e. The first-order chi connectivity index (χ1) is 8.68. The van der Waals surface area contributed by atoms with Gasteiger partial charge in [-0.2, -0.15) is 0 Å². The fraction of sp³-hybridized carbons (Fsp3) is 0.538. The number of benzene rings is 1. The van der Waals surface area contributed by atoms with Crippen LogP contribution in [0.4, 0.5) is 0 Å². The first-order valence-corrected chi connectivity index (χ1v) is 7.44. The highest BCUT2D eigenvalue weighted by molar-refractivity contribution is 7.89. The Balaban J connectivity index is 2.87. The van der Waals surface area contributed by atoms with Gasteiger partial charge in [-0.05, 0) is 32.4 Å². The minimum Gasteiger partial charge on any atom is -0.386 e. The molecule has 19 heavy (non-hydrogen) atoms. The van der Waals surface area contributed by atoms with Gasteiger partial charge in [0, 0.05) is 13.7 Å². The van der Waals surface area contributed by atoms with Crippen molar-refractivity contribution in [2.75, 3.05) is 20.3 Å². The van der Waals surface area contributed by atoms with Crippen LogP contribution in [0.5, 0.6) is 0 Å². The molecule has 0 bridgehead atoms. The lowest BCUT2D eigenvalue weighted by molar-refractivity contribution is -0.0119. The van der Waals surface area contributed by atoms with Gasteiger partial charge in [0.1, 0.15) is 0 Å². The predicted molar refractivity (Wildman–Crippen MR) is 73.6 cm³/mol. The van der Waals surface area contributed by atoms with E-state index in [0.717, 1.165) is 5.56 Å². The van der Waals surface area contributed by atoms with Gasteiger partial charge < -0.3 is 9.84 Å². The molecule has 0 saturated carbocycles. The molecular weight excluding hydrogens is 266 g/mol. The largest absolute Gasteiger partial charge is 0.386 e. The Kier molecular flexibility index (Phi) is 5.09. The number of nitrogens with one attached hydrogen (secondary N) is 1. The Bertz CT molecular complexity index is 538. The molecule has 0 heterocycles. The molecule has 1 atom stereocenters. The Labute approximate surface area is 114 Å². The zero-order valence-corrected chi connectivity index (χ0v) is 12.5. The lowest BCUT2D eigenvalue weighted by Gasteiger charge is -2.22. The monoisotopic (exact) mass is 287 g/mol. The summed E-state index contributed by atoms with van der Waals surface area (Å²) in [6, 6.07) is 5.12. The minimum absolute atomic E-state index is 0.0579. The topological polar surface area (TPSA) is 75.6 Å². The van der Waals surface area contributed by atoms with Crippen molar-refractivity contribution >= 4 is 10.0 Å². The molecule has 0 fully saturated rings. The molecular formula is C13H21NO4S. The number of rotatable bonds is 6. The molecule has 0 spiro atoms. The fourth-order valence-electron chi connectivity index (χ4n) is 1.79. The molecule has 1 unspecified atom stereocenters. The van der Waals surface area contributed by atoms with Crippen molar-refractivity contribution in [1.82, 2.24) is 4.72 Å². The Morgan fingerprint density at radius 1 is 1.37 bits per heavy atom. The van der Waals surface area contributed by atoms with Crippen LogP contribution in [0.3, 0.4) is 0 Å². The van der Waals surface area contributed by atoms with Crippen molar-refractivity contribution in [3.05, 3.63) is 29.3 Å². The number of hydrogen-bond acceptors (Lipinski definition) is 4. The van der Waals surface area contributed by atoms with Gasteiger partial charge in [-0.15, -0.1) is 0 Å². The summed E-state index contributed by atoms with van der Waals surface area (Å²) in [6.07, 6.45) is 0. The molecule has 1 aromatic carbocycles. The number of ether oxygens (including phenoxy) is 1. The van der Waals surface area contributed by atoms with E-state index in [0.29, 0.717) is 5.56 Å². The molecule has 0 aromatic heterocycles. The van der Waals surface area contributed by atoms with E-state index in [4.69, 9.17) is 4.74 Å². The summed E-state index contributed by atoms with van der Waals surface area (Å²) < 4.78 is 31.5.